The summed E-state index contributed by atoms with van der Waals surface area (Å²) in [4.78, 5) is 0. The molecule has 0 bridgehead atoms. The van der Waals surface area contributed by atoms with Crippen LogP contribution in [0.4, 0.5) is 8.78 Å². The van der Waals surface area contributed by atoms with Gasteiger partial charge in [0.1, 0.15) is 0 Å². The van der Waals surface area contributed by atoms with E-state index in [1.807, 2.05) is 5.38 Å². The first-order chi connectivity index (χ1) is 6.59. The number of alkyl halides is 2. The lowest BCUT2D eigenvalue weighted by Gasteiger charge is -2.02. The molecule has 5 heteroatoms. The third-order valence-corrected chi connectivity index (χ3v) is 5.06. The molecule has 0 saturated heterocycles. The molecule has 74 valence electrons. The Bertz CT molecular complexity index is 481. The van der Waals surface area contributed by atoms with Gasteiger partial charge in [-0.15, -0.1) is 11.3 Å². The molecule has 0 saturated carbocycles. The van der Waals surface area contributed by atoms with Gasteiger partial charge in [-0.25, -0.2) is 8.78 Å². The summed E-state index contributed by atoms with van der Waals surface area (Å²) in [5.41, 5.74) is 0.0843. The molecule has 1 heterocycles. The number of halogens is 4. The van der Waals surface area contributed by atoms with Gasteiger partial charge in [0.25, 0.3) is 6.43 Å². The Balaban J connectivity index is 2.75. The summed E-state index contributed by atoms with van der Waals surface area (Å²) in [6.45, 7) is 0. The van der Waals surface area contributed by atoms with Crippen LogP contribution in [0.1, 0.15) is 12.0 Å². The number of rotatable bonds is 1. The second kappa shape index (κ2) is 4.02. The van der Waals surface area contributed by atoms with Crippen molar-refractivity contribution in [3.63, 3.8) is 0 Å². The Labute approximate surface area is 106 Å². The molecule has 0 N–H and O–H groups in total. The minimum Gasteiger partial charge on any atom is -0.205 e. The summed E-state index contributed by atoms with van der Waals surface area (Å²) >= 11 is 6.99. The molecule has 0 nitrogen and oxygen atoms in total. The molecule has 0 spiro atoms. The summed E-state index contributed by atoms with van der Waals surface area (Å²) < 4.78 is 27.8. The van der Waals surface area contributed by atoms with Gasteiger partial charge in [0.2, 0.25) is 0 Å². The molecule has 0 unspecified atom stereocenters. The first-order valence-electron chi connectivity index (χ1n) is 3.74. The van der Waals surface area contributed by atoms with Crippen molar-refractivity contribution >= 4 is 59.9 Å². The van der Waals surface area contributed by atoms with E-state index in [-0.39, 0.29) is 5.56 Å². The summed E-state index contributed by atoms with van der Waals surface area (Å²) in [6, 6.07) is 3.08. The van der Waals surface area contributed by atoms with E-state index in [0.717, 1.165) is 18.1 Å². The highest BCUT2D eigenvalue weighted by Crippen LogP contribution is 2.36. The zero-order valence-corrected chi connectivity index (χ0v) is 11.3. The average molecular weight is 389 g/mol. The highest BCUT2D eigenvalue weighted by molar-refractivity contribution is 14.1. The van der Waals surface area contributed by atoms with Gasteiger partial charge in [-0.1, -0.05) is 0 Å². The summed E-state index contributed by atoms with van der Waals surface area (Å²) in [7, 11) is 0. The van der Waals surface area contributed by atoms with Gasteiger partial charge < -0.3 is 0 Å². The third kappa shape index (κ3) is 1.81. The second-order valence-electron chi connectivity index (χ2n) is 2.76. The minimum absolute atomic E-state index is 0.0843. The summed E-state index contributed by atoms with van der Waals surface area (Å²) in [5, 5.41) is 2.79. The number of benzene rings is 1. The maximum absolute atomic E-state index is 12.5. The molecule has 0 amide bonds. The van der Waals surface area contributed by atoms with Crippen molar-refractivity contribution in [2.24, 2.45) is 0 Å². The van der Waals surface area contributed by atoms with E-state index in [1.165, 1.54) is 6.07 Å². The van der Waals surface area contributed by atoms with Crippen LogP contribution in [0.15, 0.2) is 22.0 Å². The van der Waals surface area contributed by atoms with Gasteiger partial charge >= 0.3 is 0 Å². The monoisotopic (exact) mass is 388 g/mol. The number of hydrogen-bond donors (Lipinski definition) is 0. The van der Waals surface area contributed by atoms with E-state index in [4.69, 9.17) is 0 Å². The van der Waals surface area contributed by atoms with Gasteiger partial charge in [-0.05, 0) is 50.7 Å². The molecular weight excluding hydrogens is 385 g/mol. The van der Waals surface area contributed by atoms with Gasteiger partial charge in [-0.2, -0.15) is 0 Å². The lowest BCUT2D eigenvalue weighted by molar-refractivity contribution is 0.151. The van der Waals surface area contributed by atoms with Crippen LogP contribution in [-0.2, 0) is 0 Å². The van der Waals surface area contributed by atoms with Crippen LogP contribution in [-0.4, -0.2) is 0 Å². The zero-order valence-electron chi connectivity index (χ0n) is 6.73. The van der Waals surface area contributed by atoms with E-state index in [1.54, 1.807) is 17.4 Å². The Morgan fingerprint density at radius 1 is 1.36 bits per heavy atom. The number of thiophene rings is 1. The molecule has 2 rings (SSSR count). The van der Waals surface area contributed by atoms with Crippen LogP contribution in [0.25, 0.3) is 10.1 Å². The van der Waals surface area contributed by atoms with Crippen molar-refractivity contribution in [1.82, 2.24) is 0 Å². The molecule has 0 aliphatic rings. The Morgan fingerprint density at radius 2 is 2.07 bits per heavy atom. The first kappa shape index (κ1) is 10.8. The first-order valence-corrected chi connectivity index (χ1v) is 6.49. The number of fused-ring (bicyclic) bond motifs is 1. The van der Waals surface area contributed by atoms with E-state index >= 15 is 0 Å². The van der Waals surface area contributed by atoms with E-state index in [0.29, 0.717) is 0 Å². The van der Waals surface area contributed by atoms with Crippen molar-refractivity contribution in [3.05, 3.63) is 31.1 Å². The van der Waals surface area contributed by atoms with Gasteiger partial charge in [-0.3, -0.25) is 0 Å². The van der Waals surface area contributed by atoms with E-state index in [9.17, 15) is 8.78 Å². The highest BCUT2D eigenvalue weighted by Gasteiger charge is 2.12. The van der Waals surface area contributed by atoms with Crippen molar-refractivity contribution < 1.29 is 8.78 Å². The van der Waals surface area contributed by atoms with Crippen LogP contribution >= 0.6 is 49.9 Å². The van der Waals surface area contributed by atoms with Crippen LogP contribution < -0.4 is 0 Å². The van der Waals surface area contributed by atoms with Gasteiger partial charge in [0.05, 0.1) is 0 Å². The highest BCUT2D eigenvalue weighted by atomic mass is 127. The Hall–Kier alpha value is 0.250. The van der Waals surface area contributed by atoms with Gasteiger partial charge in [0.15, 0.2) is 0 Å². The third-order valence-electron chi connectivity index (χ3n) is 1.86. The quantitative estimate of drug-likeness (QED) is 0.588. The predicted molar refractivity (Wildman–Crippen MR) is 67.2 cm³/mol. The van der Waals surface area contributed by atoms with Crippen LogP contribution in [0, 0.1) is 3.57 Å². The molecule has 0 aliphatic heterocycles. The van der Waals surface area contributed by atoms with E-state index in [2.05, 4.69) is 38.5 Å². The molecule has 0 aliphatic carbocycles. The van der Waals surface area contributed by atoms with Crippen LogP contribution in [0.3, 0.4) is 0 Å². The molecule has 14 heavy (non-hydrogen) atoms. The normalized spacial score (nSPS) is 11.5. The van der Waals surface area contributed by atoms with Crippen molar-refractivity contribution in [1.29, 1.82) is 0 Å². The molecule has 1 aromatic carbocycles. The Kier molecular flexibility index (Phi) is 3.09. The van der Waals surface area contributed by atoms with Crippen LogP contribution in [0.2, 0.25) is 0 Å². The van der Waals surface area contributed by atoms with Crippen molar-refractivity contribution in [2.75, 3.05) is 0 Å². The molecule has 1 aromatic heterocycles. The SMILES string of the molecule is FC(F)c1cc(I)c2scc(Br)c2c1. The lowest BCUT2D eigenvalue weighted by Crippen LogP contribution is -1.85. The van der Waals surface area contributed by atoms with Crippen molar-refractivity contribution in [3.8, 4) is 0 Å². The van der Waals surface area contributed by atoms with Crippen LogP contribution in [0.5, 0.6) is 0 Å². The summed E-state index contributed by atoms with van der Waals surface area (Å²) in [5.74, 6) is 0. The number of hydrogen-bond acceptors (Lipinski definition) is 1. The lowest BCUT2D eigenvalue weighted by atomic mass is 10.2. The topological polar surface area (TPSA) is 0 Å². The minimum atomic E-state index is -2.40. The molecule has 0 atom stereocenters. The fourth-order valence-electron chi connectivity index (χ4n) is 1.21. The molecule has 0 radical (unpaired) electrons. The molecule has 0 fully saturated rings. The average Bonchev–Trinajstić information content (AvgIpc) is 2.48. The van der Waals surface area contributed by atoms with E-state index < -0.39 is 6.43 Å². The second-order valence-corrected chi connectivity index (χ2v) is 5.66. The predicted octanol–water partition coefficient (Wildman–Crippen LogP) is 5.21. The standard InChI is InChI=1S/C9H4BrF2IS/c10-6-3-14-8-5(6)1-4(9(11)12)2-7(8)13/h1-3,9H. The summed E-state index contributed by atoms with van der Waals surface area (Å²) in [6.07, 6.45) is -2.40. The zero-order chi connectivity index (χ0) is 10.3. The van der Waals surface area contributed by atoms with Crippen molar-refractivity contribution in [2.45, 2.75) is 6.43 Å². The van der Waals surface area contributed by atoms with Gasteiger partial charge in [0, 0.05) is 29.1 Å². The fourth-order valence-corrected chi connectivity index (χ4v) is 3.78. The molecule has 2 aromatic rings. The Morgan fingerprint density at radius 3 is 2.71 bits per heavy atom. The smallest absolute Gasteiger partial charge is 0.205 e. The maximum Gasteiger partial charge on any atom is 0.263 e. The molecular formula is C9H4BrF2IS. The fraction of sp³-hybridized carbons (Fsp3) is 0.111. The maximum atomic E-state index is 12.5. The largest absolute Gasteiger partial charge is 0.263 e.